The molecular formula is C21H26F3N3O. The Kier molecular flexibility index (Phi) is 6.29. The molecule has 1 fully saturated rings. The molecule has 1 unspecified atom stereocenters. The van der Waals surface area contributed by atoms with Crippen molar-refractivity contribution in [3.05, 3.63) is 34.9 Å². The van der Waals surface area contributed by atoms with Gasteiger partial charge in [-0.15, -0.1) is 0 Å². The van der Waals surface area contributed by atoms with Crippen molar-refractivity contribution in [2.75, 3.05) is 13.1 Å². The minimum atomic E-state index is -4.55. The van der Waals surface area contributed by atoms with Crippen molar-refractivity contribution >= 4 is 5.91 Å². The number of primary amides is 1. The van der Waals surface area contributed by atoms with E-state index in [0.717, 1.165) is 45.3 Å². The first-order valence-electron chi connectivity index (χ1n) is 9.88. The molecule has 0 radical (unpaired) electrons. The van der Waals surface area contributed by atoms with E-state index in [1.54, 1.807) is 0 Å². The highest BCUT2D eigenvalue weighted by Gasteiger charge is 2.49. The van der Waals surface area contributed by atoms with Crippen LogP contribution in [0.4, 0.5) is 13.2 Å². The van der Waals surface area contributed by atoms with Crippen molar-refractivity contribution in [1.29, 1.82) is 5.26 Å². The molecule has 1 aromatic carbocycles. The first-order valence-corrected chi connectivity index (χ1v) is 9.88. The van der Waals surface area contributed by atoms with Crippen LogP contribution in [0.15, 0.2) is 18.2 Å². The Bertz CT molecular complexity index is 748. The van der Waals surface area contributed by atoms with Crippen molar-refractivity contribution in [2.24, 2.45) is 23.5 Å². The number of rotatable bonds is 5. The molecule has 3 rings (SSSR count). The zero-order valence-corrected chi connectivity index (χ0v) is 15.8. The molecule has 152 valence electrons. The molecule has 1 amide bonds. The molecule has 2 N–H and O–H groups in total. The number of carbonyl (C=O) groups is 1. The van der Waals surface area contributed by atoms with Gasteiger partial charge in [0, 0.05) is 13.1 Å². The summed E-state index contributed by atoms with van der Waals surface area (Å²) in [5.41, 5.74) is 8.20. The van der Waals surface area contributed by atoms with Gasteiger partial charge in [-0.3, -0.25) is 9.69 Å². The summed E-state index contributed by atoms with van der Waals surface area (Å²) in [5.74, 6) is -3.53. The van der Waals surface area contributed by atoms with E-state index in [4.69, 9.17) is 11.0 Å². The summed E-state index contributed by atoms with van der Waals surface area (Å²) in [5, 5.41) is 9.00. The van der Waals surface area contributed by atoms with Crippen molar-refractivity contribution < 1.29 is 18.0 Å². The van der Waals surface area contributed by atoms with E-state index < -0.39 is 23.9 Å². The second kappa shape index (κ2) is 8.52. The number of nitrogens with two attached hydrogens (primary N) is 1. The number of hydrogen-bond acceptors (Lipinski definition) is 3. The smallest absolute Gasteiger partial charge is 0.369 e. The minimum absolute atomic E-state index is 0.403. The van der Waals surface area contributed by atoms with Crippen LogP contribution in [-0.4, -0.2) is 30.1 Å². The normalized spacial score (nSPS) is 24.2. The summed E-state index contributed by atoms with van der Waals surface area (Å²) in [6.45, 7) is 2.72. The fraction of sp³-hybridized carbons (Fsp3) is 0.619. The lowest BCUT2D eigenvalue weighted by Gasteiger charge is -2.35. The van der Waals surface area contributed by atoms with Crippen LogP contribution in [0, 0.1) is 29.1 Å². The molecule has 4 nitrogen and oxygen atoms in total. The van der Waals surface area contributed by atoms with Gasteiger partial charge in [0.1, 0.15) is 5.92 Å². The highest BCUT2D eigenvalue weighted by Crippen LogP contribution is 2.41. The van der Waals surface area contributed by atoms with Crippen LogP contribution < -0.4 is 5.73 Å². The molecule has 0 spiro atoms. The molecule has 0 bridgehead atoms. The average Bonchev–Trinajstić information content (AvgIpc) is 2.65. The number of alkyl halides is 3. The number of carbonyl (C=O) groups excluding carboxylic acids is 1. The lowest BCUT2D eigenvalue weighted by molar-refractivity contribution is -0.194. The third kappa shape index (κ3) is 4.85. The Morgan fingerprint density at radius 2 is 1.96 bits per heavy atom. The van der Waals surface area contributed by atoms with E-state index in [9.17, 15) is 18.0 Å². The summed E-state index contributed by atoms with van der Waals surface area (Å²) in [4.78, 5) is 13.7. The molecule has 1 heterocycles. The Morgan fingerprint density at radius 1 is 1.25 bits per heavy atom. The zero-order valence-electron chi connectivity index (χ0n) is 15.8. The summed E-state index contributed by atoms with van der Waals surface area (Å²) in [6, 6.07) is 8.00. The Morgan fingerprint density at radius 3 is 2.57 bits per heavy atom. The van der Waals surface area contributed by atoms with Crippen LogP contribution in [0.5, 0.6) is 0 Å². The van der Waals surface area contributed by atoms with Crippen LogP contribution in [0.2, 0.25) is 0 Å². The maximum atomic E-state index is 13.1. The van der Waals surface area contributed by atoms with Crippen LogP contribution in [-0.2, 0) is 17.8 Å². The van der Waals surface area contributed by atoms with E-state index in [-0.39, 0.29) is 0 Å². The second-order valence-electron chi connectivity index (χ2n) is 8.11. The standard InChI is InChI=1S/C21H26F3N3O/c22-21(23,24)19(20(26)28)16-4-1-14(2-5-16)7-9-27-10-8-17-11-15(12-25)3-6-18(17)13-27/h3,6,11,14,16,19H,1-2,4-5,7-10,13H2,(H2,26,28). The van der Waals surface area contributed by atoms with Crippen LogP contribution >= 0.6 is 0 Å². The van der Waals surface area contributed by atoms with E-state index in [1.807, 2.05) is 18.2 Å². The highest BCUT2D eigenvalue weighted by molar-refractivity contribution is 5.77. The van der Waals surface area contributed by atoms with Crippen molar-refractivity contribution in [3.63, 3.8) is 0 Å². The lowest BCUT2D eigenvalue weighted by atomic mass is 9.74. The number of nitrogens with zero attached hydrogens (tertiary/aromatic N) is 2. The fourth-order valence-corrected chi connectivity index (χ4v) is 4.71. The molecule has 1 saturated carbocycles. The van der Waals surface area contributed by atoms with Gasteiger partial charge in [0.15, 0.2) is 0 Å². The predicted octanol–water partition coefficient (Wildman–Crippen LogP) is 3.78. The maximum absolute atomic E-state index is 13.1. The van der Waals surface area contributed by atoms with E-state index in [2.05, 4.69) is 11.0 Å². The number of fused-ring (bicyclic) bond motifs is 1. The summed E-state index contributed by atoms with van der Waals surface area (Å²) in [6.07, 6.45) is -0.388. The third-order valence-corrected chi connectivity index (χ3v) is 6.30. The molecule has 1 aliphatic carbocycles. The van der Waals surface area contributed by atoms with Crippen LogP contribution in [0.25, 0.3) is 0 Å². The Hall–Kier alpha value is -2.07. The van der Waals surface area contributed by atoms with Gasteiger partial charge in [-0.1, -0.05) is 18.9 Å². The summed E-state index contributed by atoms with van der Waals surface area (Å²) in [7, 11) is 0. The summed E-state index contributed by atoms with van der Waals surface area (Å²) >= 11 is 0. The van der Waals surface area contributed by atoms with Gasteiger partial charge in [0.05, 0.1) is 11.6 Å². The van der Waals surface area contributed by atoms with Crippen molar-refractivity contribution in [3.8, 4) is 6.07 Å². The van der Waals surface area contributed by atoms with E-state index >= 15 is 0 Å². The van der Waals surface area contributed by atoms with Gasteiger partial charge in [0.25, 0.3) is 0 Å². The molecule has 1 aliphatic heterocycles. The first kappa shape index (κ1) is 20.7. The van der Waals surface area contributed by atoms with Gasteiger partial charge < -0.3 is 5.73 Å². The monoisotopic (exact) mass is 393 g/mol. The Balaban J connectivity index is 1.47. The van der Waals surface area contributed by atoms with Gasteiger partial charge in [-0.2, -0.15) is 18.4 Å². The maximum Gasteiger partial charge on any atom is 0.400 e. The molecule has 0 saturated heterocycles. The quantitative estimate of drug-likeness (QED) is 0.828. The number of amides is 1. The third-order valence-electron chi connectivity index (χ3n) is 6.30. The lowest BCUT2D eigenvalue weighted by Crippen LogP contribution is -2.42. The van der Waals surface area contributed by atoms with Crippen molar-refractivity contribution in [1.82, 2.24) is 4.90 Å². The molecule has 28 heavy (non-hydrogen) atoms. The van der Waals surface area contributed by atoms with Crippen molar-refractivity contribution in [2.45, 2.75) is 51.2 Å². The van der Waals surface area contributed by atoms with Gasteiger partial charge in [-0.05, 0) is 67.3 Å². The molecule has 1 aromatic rings. The molecule has 7 heteroatoms. The van der Waals surface area contributed by atoms with Gasteiger partial charge in [0.2, 0.25) is 5.91 Å². The number of halogens is 3. The van der Waals surface area contributed by atoms with Crippen LogP contribution in [0.3, 0.4) is 0 Å². The topological polar surface area (TPSA) is 70.1 Å². The minimum Gasteiger partial charge on any atom is -0.369 e. The molecule has 1 atom stereocenters. The Labute approximate surface area is 163 Å². The number of nitriles is 1. The summed E-state index contributed by atoms with van der Waals surface area (Å²) < 4.78 is 39.3. The number of benzene rings is 1. The zero-order chi connectivity index (χ0) is 20.3. The van der Waals surface area contributed by atoms with Gasteiger partial charge >= 0.3 is 6.18 Å². The van der Waals surface area contributed by atoms with E-state index in [0.29, 0.717) is 24.3 Å². The first-order chi connectivity index (χ1) is 13.3. The number of hydrogen-bond donors (Lipinski definition) is 1. The van der Waals surface area contributed by atoms with E-state index in [1.165, 1.54) is 11.1 Å². The molecule has 0 aromatic heterocycles. The average molecular weight is 393 g/mol. The predicted molar refractivity (Wildman–Crippen MR) is 98.9 cm³/mol. The SMILES string of the molecule is N#Cc1ccc2c(c1)CCN(CCC1CCC(C(C(N)=O)C(F)(F)F)CC1)C2. The fourth-order valence-electron chi connectivity index (χ4n) is 4.71. The van der Waals surface area contributed by atoms with Crippen LogP contribution in [0.1, 0.15) is 48.8 Å². The molecule has 2 aliphatic rings. The highest BCUT2D eigenvalue weighted by atomic mass is 19.4. The van der Waals surface area contributed by atoms with Gasteiger partial charge in [-0.25, -0.2) is 0 Å². The molecular weight excluding hydrogens is 367 g/mol. The second-order valence-corrected chi connectivity index (χ2v) is 8.11. The largest absolute Gasteiger partial charge is 0.400 e.